The van der Waals surface area contributed by atoms with Gasteiger partial charge in [-0.3, -0.25) is 4.79 Å². The number of fused-ring (bicyclic) bond motifs is 1. The van der Waals surface area contributed by atoms with Gasteiger partial charge in [-0.1, -0.05) is 23.9 Å². The van der Waals surface area contributed by atoms with Gasteiger partial charge in [0.05, 0.1) is 28.3 Å². The van der Waals surface area contributed by atoms with Crippen LogP contribution in [0.5, 0.6) is 0 Å². The average molecular weight is 318 g/mol. The number of furan rings is 1. The van der Waals surface area contributed by atoms with Crippen molar-refractivity contribution in [1.82, 2.24) is 10.3 Å². The zero-order valence-electron chi connectivity index (χ0n) is 11.4. The second-order valence-electron chi connectivity index (χ2n) is 4.50. The molecule has 0 spiro atoms. The van der Waals surface area contributed by atoms with Crippen molar-refractivity contribution in [2.45, 2.75) is 23.1 Å². The van der Waals surface area contributed by atoms with Crippen molar-refractivity contribution < 1.29 is 9.21 Å². The molecule has 21 heavy (non-hydrogen) atoms. The number of para-hydroxylation sites is 1. The fraction of sp³-hybridized carbons (Fsp3) is 0.200. The minimum Gasteiger partial charge on any atom is -0.467 e. The molecule has 1 atom stereocenters. The van der Waals surface area contributed by atoms with Crippen molar-refractivity contribution in [3.05, 3.63) is 48.4 Å². The summed E-state index contributed by atoms with van der Waals surface area (Å²) in [5.74, 6) is 0.733. The summed E-state index contributed by atoms with van der Waals surface area (Å²) in [7, 11) is 0. The van der Waals surface area contributed by atoms with Crippen molar-refractivity contribution in [1.29, 1.82) is 0 Å². The van der Waals surface area contributed by atoms with E-state index >= 15 is 0 Å². The van der Waals surface area contributed by atoms with E-state index in [-0.39, 0.29) is 11.2 Å². The van der Waals surface area contributed by atoms with Crippen LogP contribution in [0, 0.1) is 0 Å². The molecule has 1 aromatic carbocycles. The molecule has 2 heterocycles. The maximum Gasteiger partial charge on any atom is 0.233 e. The van der Waals surface area contributed by atoms with E-state index in [1.807, 2.05) is 37.3 Å². The first kappa shape index (κ1) is 14.2. The van der Waals surface area contributed by atoms with Gasteiger partial charge in [0, 0.05) is 0 Å². The first-order valence-electron chi connectivity index (χ1n) is 6.55. The predicted molar refractivity (Wildman–Crippen MR) is 85.5 cm³/mol. The van der Waals surface area contributed by atoms with Crippen LogP contribution in [-0.4, -0.2) is 16.1 Å². The Morgan fingerprint density at radius 3 is 3.00 bits per heavy atom. The molecule has 3 aromatic rings. The van der Waals surface area contributed by atoms with Crippen LogP contribution in [0.1, 0.15) is 12.7 Å². The molecular weight excluding hydrogens is 304 g/mol. The molecule has 0 bridgehead atoms. The third-order valence-electron chi connectivity index (χ3n) is 2.94. The number of amides is 1. The predicted octanol–water partition coefficient (Wildman–Crippen LogP) is 3.69. The first-order chi connectivity index (χ1) is 10.2. The maximum atomic E-state index is 12.1. The Morgan fingerprint density at radius 1 is 1.38 bits per heavy atom. The Bertz CT molecular complexity index is 704. The van der Waals surface area contributed by atoms with Crippen LogP contribution >= 0.6 is 23.1 Å². The van der Waals surface area contributed by atoms with Crippen LogP contribution in [0.4, 0.5) is 0 Å². The quantitative estimate of drug-likeness (QED) is 0.729. The summed E-state index contributed by atoms with van der Waals surface area (Å²) in [5, 5.41) is 2.67. The van der Waals surface area contributed by atoms with E-state index in [1.165, 1.54) is 11.8 Å². The zero-order chi connectivity index (χ0) is 14.7. The third kappa shape index (κ3) is 3.46. The molecule has 0 aliphatic rings. The highest BCUT2D eigenvalue weighted by Crippen LogP contribution is 2.31. The molecule has 3 rings (SSSR count). The summed E-state index contributed by atoms with van der Waals surface area (Å²) in [5.41, 5.74) is 0.980. The highest BCUT2D eigenvalue weighted by Gasteiger charge is 2.16. The number of thioether (sulfide) groups is 1. The molecule has 2 aromatic heterocycles. The maximum absolute atomic E-state index is 12.1. The van der Waals surface area contributed by atoms with Gasteiger partial charge in [-0.25, -0.2) is 4.98 Å². The summed E-state index contributed by atoms with van der Waals surface area (Å²) in [6, 6.07) is 11.6. The zero-order valence-corrected chi connectivity index (χ0v) is 13.0. The lowest BCUT2D eigenvalue weighted by molar-refractivity contribution is -0.120. The summed E-state index contributed by atoms with van der Waals surface area (Å²) in [6.45, 7) is 2.30. The van der Waals surface area contributed by atoms with Gasteiger partial charge in [-0.05, 0) is 31.2 Å². The number of hydrogen-bond donors (Lipinski definition) is 1. The lowest BCUT2D eigenvalue weighted by atomic mass is 10.3. The summed E-state index contributed by atoms with van der Waals surface area (Å²) < 4.78 is 7.25. The molecule has 4 nitrogen and oxygen atoms in total. The highest BCUT2D eigenvalue weighted by atomic mass is 32.2. The molecule has 0 aliphatic carbocycles. The average Bonchev–Trinajstić information content (AvgIpc) is 3.13. The van der Waals surface area contributed by atoms with Crippen LogP contribution in [0.3, 0.4) is 0 Å². The fourth-order valence-electron chi connectivity index (χ4n) is 1.84. The molecule has 6 heteroatoms. The lowest BCUT2D eigenvalue weighted by Crippen LogP contribution is -2.30. The number of thiazole rings is 1. The van der Waals surface area contributed by atoms with Crippen molar-refractivity contribution in [2.24, 2.45) is 0 Å². The van der Waals surface area contributed by atoms with E-state index in [9.17, 15) is 4.79 Å². The third-order valence-corrected chi connectivity index (χ3v) is 5.17. The molecule has 108 valence electrons. The smallest absolute Gasteiger partial charge is 0.233 e. The number of aromatic nitrogens is 1. The van der Waals surface area contributed by atoms with Crippen LogP contribution in [-0.2, 0) is 11.3 Å². The molecule has 0 radical (unpaired) electrons. The molecule has 0 aliphatic heterocycles. The largest absolute Gasteiger partial charge is 0.467 e. The SMILES string of the molecule is C[C@H](Sc1nc2ccccc2s1)C(=O)NCc1ccco1. The van der Waals surface area contributed by atoms with E-state index in [4.69, 9.17) is 4.42 Å². The van der Waals surface area contributed by atoms with E-state index in [2.05, 4.69) is 10.3 Å². The van der Waals surface area contributed by atoms with Gasteiger partial charge in [-0.2, -0.15) is 0 Å². The Kier molecular flexibility index (Phi) is 4.26. The van der Waals surface area contributed by atoms with Crippen molar-refractivity contribution in [3.8, 4) is 0 Å². The molecule has 1 N–H and O–H groups in total. The number of carbonyl (C=O) groups is 1. The Balaban J connectivity index is 1.59. The van der Waals surface area contributed by atoms with Gasteiger partial charge in [0.2, 0.25) is 5.91 Å². The van der Waals surface area contributed by atoms with Crippen molar-refractivity contribution in [2.75, 3.05) is 0 Å². The summed E-state index contributed by atoms with van der Waals surface area (Å²) in [6.07, 6.45) is 1.60. The van der Waals surface area contributed by atoms with E-state index in [0.29, 0.717) is 6.54 Å². The number of hydrogen-bond acceptors (Lipinski definition) is 5. The Hall–Kier alpha value is -1.79. The number of nitrogens with one attached hydrogen (secondary N) is 1. The van der Waals surface area contributed by atoms with E-state index in [1.54, 1.807) is 23.7 Å². The molecule has 0 fully saturated rings. The number of nitrogens with zero attached hydrogens (tertiary/aromatic N) is 1. The Labute approximate surface area is 130 Å². The first-order valence-corrected chi connectivity index (χ1v) is 8.24. The van der Waals surface area contributed by atoms with Crippen molar-refractivity contribution in [3.63, 3.8) is 0 Å². The minimum absolute atomic E-state index is 0.0179. The normalized spacial score (nSPS) is 12.4. The van der Waals surface area contributed by atoms with Crippen LogP contribution in [0.2, 0.25) is 0 Å². The summed E-state index contributed by atoms with van der Waals surface area (Å²) in [4.78, 5) is 16.6. The Morgan fingerprint density at radius 2 is 2.24 bits per heavy atom. The van der Waals surface area contributed by atoms with E-state index in [0.717, 1.165) is 20.3 Å². The minimum atomic E-state index is -0.194. The van der Waals surface area contributed by atoms with Gasteiger partial charge in [0.15, 0.2) is 4.34 Å². The van der Waals surface area contributed by atoms with Gasteiger partial charge in [0.1, 0.15) is 5.76 Å². The topological polar surface area (TPSA) is 55.1 Å². The van der Waals surface area contributed by atoms with E-state index < -0.39 is 0 Å². The monoisotopic (exact) mass is 318 g/mol. The number of benzene rings is 1. The molecule has 1 amide bonds. The van der Waals surface area contributed by atoms with Crippen LogP contribution in [0.15, 0.2) is 51.4 Å². The molecular formula is C15H14N2O2S2. The second kappa shape index (κ2) is 6.32. The van der Waals surface area contributed by atoms with Crippen molar-refractivity contribution >= 4 is 39.2 Å². The number of carbonyl (C=O) groups excluding carboxylic acids is 1. The van der Waals surface area contributed by atoms with Gasteiger partial charge in [0.25, 0.3) is 0 Å². The van der Waals surface area contributed by atoms with Crippen LogP contribution in [0.25, 0.3) is 10.2 Å². The van der Waals surface area contributed by atoms with Gasteiger partial charge >= 0.3 is 0 Å². The molecule has 0 saturated carbocycles. The molecule has 0 saturated heterocycles. The lowest BCUT2D eigenvalue weighted by Gasteiger charge is -2.09. The molecule has 0 unspecified atom stereocenters. The summed E-state index contributed by atoms with van der Waals surface area (Å²) >= 11 is 3.09. The van der Waals surface area contributed by atoms with Gasteiger partial charge < -0.3 is 9.73 Å². The van der Waals surface area contributed by atoms with Gasteiger partial charge in [-0.15, -0.1) is 11.3 Å². The fourth-order valence-corrected chi connectivity index (χ4v) is 4.07. The highest BCUT2D eigenvalue weighted by molar-refractivity contribution is 8.02. The van der Waals surface area contributed by atoms with Crippen LogP contribution < -0.4 is 5.32 Å². The number of rotatable bonds is 5. The second-order valence-corrected chi connectivity index (χ2v) is 7.12. The standard InChI is InChI=1S/C15H14N2O2S2/c1-10(14(18)16-9-11-5-4-8-19-11)20-15-17-12-6-2-3-7-13(12)21-15/h2-8,10H,9H2,1H3,(H,16,18)/t10-/m0/s1.